The van der Waals surface area contributed by atoms with E-state index in [-0.39, 0.29) is 5.78 Å². The van der Waals surface area contributed by atoms with Crippen LogP contribution in [0.15, 0.2) is 18.5 Å². The Kier molecular flexibility index (Phi) is 3.85. The fourth-order valence-electron chi connectivity index (χ4n) is 1.12. The molecular weight excluding hydrogens is 194 g/mol. The predicted molar refractivity (Wildman–Crippen MR) is 57.1 cm³/mol. The molecule has 0 bridgehead atoms. The number of rotatable bonds is 4. The van der Waals surface area contributed by atoms with Gasteiger partial charge in [-0.25, -0.2) is 0 Å². The molecule has 0 unspecified atom stereocenters. The number of aromatic nitrogens is 1. The number of carbonyl (C=O) groups is 1. The molecule has 0 N–H and O–H groups in total. The molecule has 1 rings (SSSR count). The van der Waals surface area contributed by atoms with Crippen LogP contribution >= 0.6 is 0 Å². The van der Waals surface area contributed by atoms with Crippen molar-refractivity contribution in [2.75, 3.05) is 14.2 Å². The van der Waals surface area contributed by atoms with Gasteiger partial charge >= 0.3 is 0 Å². The fraction of sp³-hybridized carbons (Fsp3) is 0.273. The van der Waals surface area contributed by atoms with Crippen molar-refractivity contribution in [3.63, 3.8) is 0 Å². The number of pyridine rings is 1. The van der Waals surface area contributed by atoms with Crippen molar-refractivity contribution in [3.05, 3.63) is 24.0 Å². The van der Waals surface area contributed by atoms with E-state index in [0.717, 1.165) is 0 Å². The second-order valence-electron chi connectivity index (χ2n) is 2.90. The Balaban J connectivity index is 3.16. The summed E-state index contributed by atoms with van der Waals surface area (Å²) in [6.07, 6.45) is 6.26. The first-order chi connectivity index (χ1) is 7.19. The van der Waals surface area contributed by atoms with Crippen molar-refractivity contribution < 1.29 is 14.3 Å². The molecular formula is C11H13NO3. The number of hydrogen-bond donors (Lipinski definition) is 0. The number of carbonyl (C=O) groups excluding carboxylic acids is 1. The summed E-state index contributed by atoms with van der Waals surface area (Å²) in [4.78, 5) is 14.8. The first-order valence-electron chi connectivity index (χ1n) is 4.43. The van der Waals surface area contributed by atoms with Crippen LogP contribution in [0.3, 0.4) is 0 Å². The maximum absolute atomic E-state index is 10.8. The molecule has 80 valence electrons. The summed E-state index contributed by atoms with van der Waals surface area (Å²) in [5, 5.41) is 0. The molecule has 1 aromatic heterocycles. The average Bonchev–Trinajstić information content (AvgIpc) is 2.25. The minimum Gasteiger partial charge on any atom is -0.494 e. The van der Waals surface area contributed by atoms with Gasteiger partial charge < -0.3 is 9.47 Å². The number of ether oxygens (including phenoxy) is 2. The van der Waals surface area contributed by atoms with E-state index in [1.807, 2.05) is 0 Å². The first-order valence-corrected chi connectivity index (χ1v) is 4.43. The van der Waals surface area contributed by atoms with Gasteiger partial charge in [0.15, 0.2) is 5.78 Å². The van der Waals surface area contributed by atoms with E-state index < -0.39 is 0 Å². The van der Waals surface area contributed by atoms with Gasteiger partial charge in [-0.05, 0) is 19.1 Å². The summed E-state index contributed by atoms with van der Waals surface area (Å²) < 4.78 is 10.2. The van der Waals surface area contributed by atoms with Gasteiger partial charge in [0.1, 0.15) is 11.5 Å². The molecule has 0 aromatic carbocycles. The third-order valence-corrected chi connectivity index (χ3v) is 1.84. The van der Waals surface area contributed by atoms with Crippen LogP contribution in [0.5, 0.6) is 11.5 Å². The molecule has 4 heteroatoms. The molecule has 0 amide bonds. The number of ketones is 1. The van der Waals surface area contributed by atoms with Crippen molar-refractivity contribution in [2.24, 2.45) is 0 Å². The topological polar surface area (TPSA) is 48.4 Å². The average molecular weight is 207 g/mol. The normalized spacial score (nSPS) is 10.3. The molecule has 0 saturated carbocycles. The van der Waals surface area contributed by atoms with Crippen LogP contribution in [0.2, 0.25) is 0 Å². The van der Waals surface area contributed by atoms with Gasteiger partial charge in [-0.2, -0.15) is 0 Å². The first kappa shape index (κ1) is 11.2. The van der Waals surface area contributed by atoms with Gasteiger partial charge in [-0.15, -0.1) is 0 Å². The summed E-state index contributed by atoms with van der Waals surface area (Å²) in [7, 11) is 3.09. The van der Waals surface area contributed by atoms with Crippen LogP contribution in [0.25, 0.3) is 6.08 Å². The quantitative estimate of drug-likeness (QED) is 0.705. The van der Waals surface area contributed by atoms with Crippen LogP contribution in [0.1, 0.15) is 12.5 Å². The van der Waals surface area contributed by atoms with Crippen molar-refractivity contribution in [2.45, 2.75) is 6.92 Å². The van der Waals surface area contributed by atoms with Crippen LogP contribution < -0.4 is 9.47 Å². The summed E-state index contributed by atoms with van der Waals surface area (Å²) in [5.74, 6) is 1.12. The highest BCUT2D eigenvalue weighted by atomic mass is 16.5. The van der Waals surface area contributed by atoms with Gasteiger partial charge in [0.05, 0.1) is 32.2 Å². The minimum atomic E-state index is -0.0316. The van der Waals surface area contributed by atoms with Gasteiger partial charge in [0, 0.05) is 0 Å². The highest BCUT2D eigenvalue weighted by molar-refractivity contribution is 5.92. The molecule has 0 radical (unpaired) electrons. The summed E-state index contributed by atoms with van der Waals surface area (Å²) in [6, 6.07) is 0. The van der Waals surface area contributed by atoms with Crippen LogP contribution in [0.4, 0.5) is 0 Å². The Hall–Kier alpha value is -1.84. The van der Waals surface area contributed by atoms with E-state index in [2.05, 4.69) is 4.98 Å². The minimum absolute atomic E-state index is 0.0316. The molecule has 0 fully saturated rings. The van der Waals surface area contributed by atoms with E-state index in [9.17, 15) is 4.79 Å². The predicted octanol–water partition coefficient (Wildman–Crippen LogP) is 1.70. The van der Waals surface area contributed by atoms with Gasteiger partial charge in [-0.1, -0.05) is 0 Å². The van der Waals surface area contributed by atoms with E-state index >= 15 is 0 Å². The molecule has 4 nitrogen and oxygen atoms in total. The monoisotopic (exact) mass is 207 g/mol. The van der Waals surface area contributed by atoms with Gasteiger partial charge in [-0.3, -0.25) is 9.78 Å². The highest BCUT2D eigenvalue weighted by Crippen LogP contribution is 2.27. The largest absolute Gasteiger partial charge is 0.494 e. The Morgan fingerprint density at radius 1 is 1.27 bits per heavy atom. The molecule has 0 aliphatic carbocycles. The van der Waals surface area contributed by atoms with E-state index in [1.165, 1.54) is 13.0 Å². The summed E-state index contributed by atoms with van der Waals surface area (Å²) in [6.45, 7) is 1.48. The van der Waals surface area contributed by atoms with Gasteiger partial charge in [0.25, 0.3) is 0 Å². The lowest BCUT2D eigenvalue weighted by molar-refractivity contribution is -0.112. The van der Waals surface area contributed by atoms with Crippen LogP contribution in [-0.2, 0) is 4.79 Å². The Bertz CT molecular complexity index is 363. The van der Waals surface area contributed by atoms with E-state index in [1.54, 1.807) is 32.7 Å². The molecule has 0 aliphatic heterocycles. The van der Waals surface area contributed by atoms with Crippen LogP contribution in [0, 0.1) is 0 Å². The highest BCUT2D eigenvalue weighted by Gasteiger charge is 2.06. The van der Waals surface area contributed by atoms with Crippen molar-refractivity contribution >= 4 is 11.9 Å². The maximum Gasteiger partial charge on any atom is 0.152 e. The number of allylic oxidation sites excluding steroid dienone is 1. The molecule has 1 aromatic rings. The third kappa shape index (κ3) is 2.80. The molecule has 0 spiro atoms. The summed E-state index contributed by atoms with van der Waals surface area (Å²) in [5.41, 5.74) is 0.713. The van der Waals surface area contributed by atoms with Crippen LogP contribution in [-0.4, -0.2) is 25.0 Å². The standard InChI is InChI=1S/C11H13NO3/c1-8(13)4-5-9-10(14-2)6-12-7-11(9)15-3/h4-7H,1-3H3/b5-4+. The van der Waals surface area contributed by atoms with Crippen molar-refractivity contribution in [1.82, 2.24) is 4.98 Å². The van der Waals surface area contributed by atoms with Crippen molar-refractivity contribution in [3.8, 4) is 11.5 Å². The van der Waals surface area contributed by atoms with E-state index in [4.69, 9.17) is 9.47 Å². The Morgan fingerprint density at radius 3 is 2.20 bits per heavy atom. The summed E-state index contributed by atoms with van der Waals surface area (Å²) >= 11 is 0. The lowest BCUT2D eigenvalue weighted by Crippen LogP contribution is -1.94. The molecule has 1 heterocycles. The van der Waals surface area contributed by atoms with Crippen molar-refractivity contribution in [1.29, 1.82) is 0 Å². The molecule has 0 atom stereocenters. The third-order valence-electron chi connectivity index (χ3n) is 1.84. The Labute approximate surface area is 88.5 Å². The zero-order valence-electron chi connectivity index (χ0n) is 8.98. The van der Waals surface area contributed by atoms with Gasteiger partial charge in [0.2, 0.25) is 0 Å². The number of hydrogen-bond acceptors (Lipinski definition) is 4. The lowest BCUT2D eigenvalue weighted by Gasteiger charge is -2.08. The number of nitrogens with zero attached hydrogens (tertiary/aromatic N) is 1. The second kappa shape index (κ2) is 5.14. The fourth-order valence-corrected chi connectivity index (χ4v) is 1.12. The SMILES string of the molecule is COc1cncc(OC)c1/C=C/C(C)=O. The molecule has 0 aliphatic rings. The molecule has 15 heavy (non-hydrogen) atoms. The lowest BCUT2D eigenvalue weighted by atomic mass is 10.2. The maximum atomic E-state index is 10.8. The zero-order valence-corrected chi connectivity index (χ0v) is 8.98. The second-order valence-corrected chi connectivity index (χ2v) is 2.90. The number of methoxy groups -OCH3 is 2. The zero-order chi connectivity index (χ0) is 11.3. The molecule has 0 saturated heterocycles. The van der Waals surface area contributed by atoms with E-state index in [0.29, 0.717) is 17.1 Å². The smallest absolute Gasteiger partial charge is 0.152 e. The Morgan fingerprint density at radius 2 is 1.80 bits per heavy atom.